The van der Waals surface area contributed by atoms with Gasteiger partial charge in [-0.2, -0.15) is 0 Å². The van der Waals surface area contributed by atoms with Gasteiger partial charge in [-0.1, -0.05) is 0 Å². The van der Waals surface area contributed by atoms with Gasteiger partial charge in [0, 0.05) is 6.54 Å². The summed E-state index contributed by atoms with van der Waals surface area (Å²) in [5.41, 5.74) is 5.13. The zero-order valence-corrected chi connectivity index (χ0v) is 13.9. The number of carboxylic acids is 1. The Morgan fingerprint density at radius 1 is 1.20 bits per heavy atom. The number of hydrogen-bond donors (Lipinski definition) is 5. The first-order valence-corrected chi connectivity index (χ1v) is 7.82. The van der Waals surface area contributed by atoms with Crippen LogP contribution in [0.2, 0.25) is 0 Å². The van der Waals surface area contributed by atoms with E-state index < -0.39 is 48.2 Å². The largest absolute Gasteiger partial charge is 0.480 e. The molecule has 0 aromatic rings. The molecule has 0 unspecified atom stereocenters. The molecule has 1 rings (SSSR count). The minimum Gasteiger partial charge on any atom is -0.480 e. The molecule has 0 spiro atoms. The van der Waals surface area contributed by atoms with E-state index in [4.69, 9.17) is 10.8 Å². The molecule has 0 aromatic carbocycles. The van der Waals surface area contributed by atoms with Crippen molar-refractivity contribution in [3.05, 3.63) is 0 Å². The van der Waals surface area contributed by atoms with Gasteiger partial charge in [0.2, 0.25) is 23.6 Å². The average molecular weight is 357 g/mol. The van der Waals surface area contributed by atoms with E-state index in [1.807, 2.05) is 0 Å². The Balaban J connectivity index is 2.49. The number of carboxylic acid groups (broad SMARTS) is 1. The van der Waals surface area contributed by atoms with Crippen molar-refractivity contribution in [3.8, 4) is 0 Å². The number of likely N-dealkylation sites (tertiary alicyclic amines) is 1. The Morgan fingerprint density at radius 3 is 2.48 bits per heavy atom. The lowest BCUT2D eigenvalue weighted by Gasteiger charge is -2.24. The lowest BCUT2D eigenvalue weighted by Crippen LogP contribution is -2.52. The first kappa shape index (κ1) is 20.4. The Bertz CT molecular complexity index is 552. The molecule has 4 amide bonds. The van der Waals surface area contributed by atoms with E-state index in [2.05, 4.69) is 16.0 Å². The molecule has 1 heterocycles. The molecule has 1 aliphatic rings. The molecule has 0 saturated carbocycles. The van der Waals surface area contributed by atoms with Crippen molar-refractivity contribution in [1.29, 1.82) is 0 Å². The van der Waals surface area contributed by atoms with Crippen LogP contribution in [0.1, 0.15) is 19.8 Å². The van der Waals surface area contributed by atoms with Gasteiger partial charge in [0.1, 0.15) is 18.6 Å². The van der Waals surface area contributed by atoms with Crippen molar-refractivity contribution >= 4 is 29.6 Å². The molecule has 1 fully saturated rings. The van der Waals surface area contributed by atoms with E-state index in [0.29, 0.717) is 19.4 Å². The second kappa shape index (κ2) is 9.57. The van der Waals surface area contributed by atoms with E-state index in [1.165, 1.54) is 11.8 Å². The summed E-state index contributed by atoms with van der Waals surface area (Å²) >= 11 is 0. The fraction of sp³-hybridized carbons (Fsp3) is 0.643. The van der Waals surface area contributed by atoms with Gasteiger partial charge in [-0.05, 0) is 19.8 Å². The van der Waals surface area contributed by atoms with E-state index in [1.54, 1.807) is 0 Å². The van der Waals surface area contributed by atoms with E-state index in [0.717, 1.165) is 0 Å². The van der Waals surface area contributed by atoms with Gasteiger partial charge in [0.15, 0.2) is 0 Å². The first-order chi connectivity index (χ1) is 11.8. The molecule has 0 aromatic heterocycles. The minimum atomic E-state index is -1.18. The summed E-state index contributed by atoms with van der Waals surface area (Å²) < 4.78 is 0. The molecule has 11 heteroatoms. The number of rotatable bonds is 8. The first-order valence-electron chi connectivity index (χ1n) is 7.82. The summed E-state index contributed by atoms with van der Waals surface area (Å²) in [5.74, 6) is -3.23. The Kier molecular flexibility index (Phi) is 7.79. The third-order valence-corrected chi connectivity index (χ3v) is 3.66. The maximum atomic E-state index is 12.2. The van der Waals surface area contributed by atoms with Crippen molar-refractivity contribution in [2.45, 2.75) is 31.8 Å². The second-order valence-corrected chi connectivity index (χ2v) is 5.57. The summed E-state index contributed by atoms with van der Waals surface area (Å²) in [6.07, 6.45) is 1.03. The van der Waals surface area contributed by atoms with Crippen LogP contribution in [-0.2, 0) is 24.0 Å². The quantitative estimate of drug-likeness (QED) is 0.304. The van der Waals surface area contributed by atoms with Crippen molar-refractivity contribution in [1.82, 2.24) is 20.9 Å². The van der Waals surface area contributed by atoms with Crippen molar-refractivity contribution < 1.29 is 29.1 Å². The third-order valence-electron chi connectivity index (χ3n) is 3.66. The highest BCUT2D eigenvalue weighted by Crippen LogP contribution is 2.17. The van der Waals surface area contributed by atoms with Crippen LogP contribution in [0, 0.1) is 0 Å². The van der Waals surface area contributed by atoms with Crippen LogP contribution in [0.5, 0.6) is 0 Å². The number of nitrogens with zero attached hydrogens (tertiary/aromatic N) is 1. The molecule has 0 aliphatic carbocycles. The molecule has 1 saturated heterocycles. The summed E-state index contributed by atoms with van der Waals surface area (Å²) in [6.45, 7) is 0.693. The topological polar surface area (TPSA) is 171 Å². The Hall–Kier alpha value is -2.69. The fourth-order valence-corrected chi connectivity index (χ4v) is 2.40. The van der Waals surface area contributed by atoms with Crippen molar-refractivity contribution in [2.75, 3.05) is 26.2 Å². The van der Waals surface area contributed by atoms with Crippen LogP contribution < -0.4 is 21.7 Å². The second-order valence-electron chi connectivity index (χ2n) is 5.57. The number of aliphatic carboxylic acids is 1. The maximum Gasteiger partial charge on any atom is 0.322 e. The summed E-state index contributed by atoms with van der Waals surface area (Å²) in [4.78, 5) is 58.9. The van der Waals surface area contributed by atoms with Gasteiger partial charge in [0.25, 0.3) is 0 Å². The highest BCUT2D eigenvalue weighted by Gasteiger charge is 2.34. The molecule has 0 radical (unpaired) electrons. The normalized spacial score (nSPS) is 17.5. The molecule has 0 bridgehead atoms. The molecule has 6 N–H and O–H groups in total. The third kappa shape index (κ3) is 6.37. The molecule has 2 atom stereocenters. The summed E-state index contributed by atoms with van der Waals surface area (Å²) in [5, 5.41) is 15.6. The zero-order valence-electron chi connectivity index (χ0n) is 13.9. The average Bonchev–Trinajstić information content (AvgIpc) is 3.06. The minimum absolute atomic E-state index is 0.253. The smallest absolute Gasteiger partial charge is 0.322 e. The number of amides is 4. The zero-order chi connectivity index (χ0) is 19.0. The lowest BCUT2D eigenvalue weighted by atomic mass is 10.2. The van der Waals surface area contributed by atoms with Crippen LogP contribution in [-0.4, -0.2) is 77.9 Å². The van der Waals surface area contributed by atoms with Crippen LogP contribution in [0.25, 0.3) is 0 Å². The van der Waals surface area contributed by atoms with Gasteiger partial charge in [-0.15, -0.1) is 0 Å². The molecular formula is C14H23N5O6. The van der Waals surface area contributed by atoms with Gasteiger partial charge in [0.05, 0.1) is 13.1 Å². The number of carbonyl (C=O) groups is 5. The Labute approximate surface area is 144 Å². The summed E-state index contributed by atoms with van der Waals surface area (Å²) in [6, 6.07) is -1.60. The molecule has 1 aliphatic heterocycles. The van der Waals surface area contributed by atoms with E-state index >= 15 is 0 Å². The van der Waals surface area contributed by atoms with Gasteiger partial charge in [-0.3, -0.25) is 24.0 Å². The maximum absolute atomic E-state index is 12.2. The Morgan fingerprint density at radius 2 is 1.88 bits per heavy atom. The van der Waals surface area contributed by atoms with Crippen LogP contribution in [0.4, 0.5) is 0 Å². The number of hydrogen-bond acceptors (Lipinski definition) is 6. The lowest BCUT2D eigenvalue weighted by molar-refractivity contribution is -0.141. The highest BCUT2D eigenvalue weighted by molar-refractivity contribution is 5.93. The predicted octanol–water partition coefficient (Wildman–Crippen LogP) is -3.24. The van der Waals surface area contributed by atoms with E-state index in [9.17, 15) is 24.0 Å². The van der Waals surface area contributed by atoms with Gasteiger partial charge >= 0.3 is 5.97 Å². The van der Waals surface area contributed by atoms with Gasteiger partial charge in [-0.25, -0.2) is 0 Å². The molecule has 25 heavy (non-hydrogen) atoms. The van der Waals surface area contributed by atoms with Crippen LogP contribution in [0.15, 0.2) is 0 Å². The van der Waals surface area contributed by atoms with Gasteiger partial charge < -0.3 is 31.7 Å². The summed E-state index contributed by atoms with van der Waals surface area (Å²) in [7, 11) is 0. The standard InChI is InChI=1S/C14H23N5O6/c1-8(18-10(20)5-15)13(24)16-6-11(21)19-4-2-3-9(19)14(25)17-7-12(22)23/h8-9H,2-7,15H2,1H3,(H,16,24)(H,17,25)(H,18,20)(H,22,23)/t8-,9-/m0/s1. The molecular weight excluding hydrogens is 334 g/mol. The van der Waals surface area contributed by atoms with Crippen molar-refractivity contribution in [2.24, 2.45) is 5.73 Å². The number of carbonyl (C=O) groups excluding carboxylic acids is 4. The SMILES string of the molecule is C[C@H](NC(=O)CN)C(=O)NCC(=O)N1CCC[C@H]1C(=O)NCC(=O)O. The number of nitrogens with two attached hydrogens (primary N) is 1. The van der Waals surface area contributed by atoms with Crippen LogP contribution in [0.3, 0.4) is 0 Å². The van der Waals surface area contributed by atoms with Crippen LogP contribution >= 0.6 is 0 Å². The highest BCUT2D eigenvalue weighted by atomic mass is 16.4. The number of nitrogens with one attached hydrogen (secondary N) is 3. The van der Waals surface area contributed by atoms with E-state index in [-0.39, 0.29) is 13.1 Å². The molecule has 11 nitrogen and oxygen atoms in total. The fourth-order valence-electron chi connectivity index (χ4n) is 2.40. The predicted molar refractivity (Wildman–Crippen MR) is 85.0 cm³/mol. The molecule has 140 valence electrons. The van der Waals surface area contributed by atoms with Crippen molar-refractivity contribution in [3.63, 3.8) is 0 Å². The monoisotopic (exact) mass is 357 g/mol.